The largest absolute Gasteiger partial charge is 0.456 e. The molecule has 0 atom stereocenters. The molecule has 0 N–H and O–H groups in total. The second-order valence-corrected chi connectivity index (χ2v) is 5.88. The van der Waals surface area contributed by atoms with E-state index in [1.807, 2.05) is 0 Å². The Morgan fingerprint density at radius 3 is 2.77 bits per heavy atom. The van der Waals surface area contributed by atoms with Crippen LogP contribution in [0.25, 0.3) is 16.6 Å². The molecular weight excluding hydrogens is 363 g/mol. The minimum atomic E-state index is -0.670. The minimum absolute atomic E-state index is 0.0286. The number of carbonyl (C=O) groups is 1. The van der Waals surface area contributed by atoms with Gasteiger partial charge in [0.1, 0.15) is 28.1 Å². The van der Waals surface area contributed by atoms with Crippen LogP contribution in [0.4, 0.5) is 10.3 Å². The SMILES string of the molecule is O=C(/C=C/c1ccc([N+](=O)[O-])o1)OCc1csc(-c2ccc(F)cc2)n1. The Labute approximate surface area is 150 Å². The lowest BCUT2D eigenvalue weighted by atomic mass is 10.2. The molecule has 0 fully saturated rings. The number of benzene rings is 1. The zero-order chi connectivity index (χ0) is 18.5. The summed E-state index contributed by atoms with van der Waals surface area (Å²) in [7, 11) is 0. The fourth-order valence-corrected chi connectivity index (χ4v) is 2.78. The van der Waals surface area contributed by atoms with Crippen molar-refractivity contribution in [2.45, 2.75) is 6.61 Å². The number of hydrogen-bond acceptors (Lipinski definition) is 7. The Morgan fingerprint density at radius 2 is 2.08 bits per heavy atom. The second-order valence-electron chi connectivity index (χ2n) is 5.03. The van der Waals surface area contributed by atoms with E-state index in [4.69, 9.17) is 9.15 Å². The lowest BCUT2D eigenvalue weighted by Gasteiger charge is -1.98. The third-order valence-electron chi connectivity index (χ3n) is 3.18. The summed E-state index contributed by atoms with van der Waals surface area (Å²) < 4.78 is 22.9. The number of carbonyl (C=O) groups excluding carboxylic acids is 1. The maximum Gasteiger partial charge on any atom is 0.433 e. The highest BCUT2D eigenvalue weighted by atomic mass is 32.1. The van der Waals surface area contributed by atoms with Crippen molar-refractivity contribution in [3.8, 4) is 10.6 Å². The van der Waals surface area contributed by atoms with Gasteiger partial charge in [-0.3, -0.25) is 10.1 Å². The number of furan rings is 1. The summed E-state index contributed by atoms with van der Waals surface area (Å²) >= 11 is 1.35. The molecule has 2 aromatic heterocycles. The molecule has 0 spiro atoms. The fraction of sp³-hybridized carbons (Fsp3) is 0.0588. The van der Waals surface area contributed by atoms with Crippen LogP contribution in [0.3, 0.4) is 0 Å². The van der Waals surface area contributed by atoms with Crippen molar-refractivity contribution in [1.29, 1.82) is 0 Å². The van der Waals surface area contributed by atoms with Crippen LogP contribution in [0.1, 0.15) is 11.5 Å². The van der Waals surface area contributed by atoms with Crippen LogP contribution in [0, 0.1) is 15.9 Å². The molecule has 132 valence electrons. The van der Waals surface area contributed by atoms with Crippen molar-refractivity contribution in [2.75, 3.05) is 0 Å². The summed E-state index contributed by atoms with van der Waals surface area (Å²) in [5, 5.41) is 12.9. The van der Waals surface area contributed by atoms with Gasteiger partial charge in [0.15, 0.2) is 0 Å². The molecule has 0 saturated carbocycles. The molecule has 1 aromatic carbocycles. The monoisotopic (exact) mass is 374 g/mol. The Balaban J connectivity index is 1.55. The molecule has 0 saturated heterocycles. The molecular formula is C17H11FN2O5S. The lowest BCUT2D eigenvalue weighted by molar-refractivity contribution is -0.402. The molecule has 9 heteroatoms. The van der Waals surface area contributed by atoms with Crippen molar-refractivity contribution in [3.05, 3.63) is 75.2 Å². The summed E-state index contributed by atoms with van der Waals surface area (Å²) in [5.41, 5.74) is 1.33. The van der Waals surface area contributed by atoms with Gasteiger partial charge in [-0.15, -0.1) is 11.3 Å². The molecule has 3 rings (SSSR count). The van der Waals surface area contributed by atoms with Crippen molar-refractivity contribution >= 4 is 29.3 Å². The van der Waals surface area contributed by atoms with Crippen molar-refractivity contribution < 1.29 is 23.3 Å². The molecule has 2 heterocycles. The van der Waals surface area contributed by atoms with E-state index < -0.39 is 16.8 Å². The second kappa shape index (κ2) is 7.70. The predicted octanol–water partition coefficient (Wildman–Crippen LogP) is 4.21. The van der Waals surface area contributed by atoms with E-state index in [0.717, 1.165) is 11.6 Å². The number of aromatic nitrogens is 1. The number of thiazole rings is 1. The number of rotatable bonds is 6. The predicted molar refractivity (Wildman–Crippen MR) is 91.7 cm³/mol. The Morgan fingerprint density at radius 1 is 1.31 bits per heavy atom. The zero-order valence-corrected chi connectivity index (χ0v) is 13.9. The number of halogens is 1. The first-order valence-corrected chi connectivity index (χ1v) is 8.18. The van der Waals surface area contributed by atoms with Gasteiger partial charge < -0.3 is 9.15 Å². The fourth-order valence-electron chi connectivity index (χ4n) is 1.97. The molecule has 3 aromatic rings. The van der Waals surface area contributed by atoms with Gasteiger partial charge in [0.25, 0.3) is 0 Å². The van der Waals surface area contributed by atoms with Gasteiger partial charge >= 0.3 is 11.9 Å². The van der Waals surface area contributed by atoms with Gasteiger partial charge in [-0.2, -0.15) is 0 Å². The summed E-state index contributed by atoms with van der Waals surface area (Å²) in [6, 6.07) is 8.50. The zero-order valence-electron chi connectivity index (χ0n) is 13.1. The van der Waals surface area contributed by atoms with E-state index in [-0.39, 0.29) is 18.2 Å². The number of ether oxygens (including phenoxy) is 1. The quantitative estimate of drug-likeness (QED) is 0.278. The van der Waals surface area contributed by atoms with E-state index >= 15 is 0 Å². The first kappa shape index (κ1) is 17.5. The highest BCUT2D eigenvalue weighted by Crippen LogP contribution is 2.24. The Kier molecular flexibility index (Phi) is 5.18. The number of nitrogens with zero attached hydrogens (tertiary/aromatic N) is 2. The first-order valence-electron chi connectivity index (χ1n) is 7.30. The normalized spacial score (nSPS) is 11.0. The topological polar surface area (TPSA) is 95.5 Å². The maximum absolute atomic E-state index is 12.9. The molecule has 26 heavy (non-hydrogen) atoms. The summed E-state index contributed by atoms with van der Waals surface area (Å²) in [5.74, 6) is -1.21. The molecule has 0 aliphatic heterocycles. The van der Waals surface area contributed by atoms with Gasteiger partial charge in [-0.1, -0.05) is 0 Å². The summed E-state index contributed by atoms with van der Waals surface area (Å²) in [6.07, 6.45) is 2.39. The van der Waals surface area contributed by atoms with E-state index in [1.165, 1.54) is 41.7 Å². The number of hydrogen-bond donors (Lipinski definition) is 0. The first-order chi connectivity index (χ1) is 12.5. The van der Waals surface area contributed by atoms with Crippen LogP contribution in [0.15, 0.2) is 52.3 Å². The average Bonchev–Trinajstić information content (AvgIpc) is 3.28. The smallest absolute Gasteiger partial charge is 0.433 e. The third kappa shape index (κ3) is 4.39. The summed E-state index contributed by atoms with van der Waals surface area (Å²) in [4.78, 5) is 25.9. The standard InChI is InChI=1S/C17H11FN2O5S/c18-12-3-1-11(2-4-12)17-19-13(10-26-17)9-24-16(21)8-6-14-5-7-15(25-14)20(22)23/h1-8,10H,9H2/b8-6+. The molecule has 0 unspecified atom stereocenters. The average molecular weight is 374 g/mol. The van der Waals surface area contributed by atoms with E-state index in [1.54, 1.807) is 17.5 Å². The van der Waals surface area contributed by atoms with Crippen LogP contribution in [-0.4, -0.2) is 15.9 Å². The van der Waals surface area contributed by atoms with Crippen LogP contribution in [0.2, 0.25) is 0 Å². The van der Waals surface area contributed by atoms with Gasteiger partial charge in [-0.25, -0.2) is 14.2 Å². The number of nitro groups is 1. The Hall–Kier alpha value is -3.33. The lowest BCUT2D eigenvalue weighted by Crippen LogP contribution is -2.00. The summed E-state index contributed by atoms with van der Waals surface area (Å²) in [6.45, 7) is -0.0286. The highest BCUT2D eigenvalue weighted by Gasteiger charge is 2.11. The highest BCUT2D eigenvalue weighted by molar-refractivity contribution is 7.13. The van der Waals surface area contributed by atoms with Crippen LogP contribution >= 0.6 is 11.3 Å². The molecule has 0 bridgehead atoms. The van der Waals surface area contributed by atoms with E-state index in [0.29, 0.717) is 10.7 Å². The van der Waals surface area contributed by atoms with Gasteiger partial charge in [0.2, 0.25) is 0 Å². The third-order valence-corrected chi connectivity index (χ3v) is 4.12. The molecule has 0 aliphatic carbocycles. The van der Waals surface area contributed by atoms with E-state index in [2.05, 4.69) is 4.98 Å². The van der Waals surface area contributed by atoms with Crippen molar-refractivity contribution in [1.82, 2.24) is 4.98 Å². The molecule has 0 aliphatic rings. The van der Waals surface area contributed by atoms with Crippen LogP contribution < -0.4 is 0 Å². The molecule has 0 radical (unpaired) electrons. The van der Waals surface area contributed by atoms with E-state index in [9.17, 15) is 19.3 Å². The van der Waals surface area contributed by atoms with Gasteiger partial charge in [-0.05, 0) is 36.4 Å². The van der Waals surface area contributed by atoms with Gasteiger partial charge in [0, 0.05) is 17.0 Å². The van der Waals surface area contributed by atoms with Crippen LogP contribution in [0.5, 0.6) is 0 Å². The molecule has 0 amide bonds. The van der Waals surface area contributed by atoms with Crippen molar-refractivity contribution in [3.63, 3.8) is 0 Å². The van der Waals surface area contributed by atoms with Crippen LogP contribution in [-0.2, 0) is 16.1 Å². The van der Waals surface area contributed by atoms with Crippen molar-refractivity contribution in [2.24, 2.45) is 0 Å². The Bertz CT molecular complexity index is 962. The van der Waals surface area contributed by atoms with Gasteiger partial charge in [0.05, 0.1) is 11.8 Å². The maximum atomic E-state index is 12.9. The number of esters is 1. The minimum Gasteiger partial charge on any atom is -0.456 e. The molecule has 7 nitrogen and oxygen atoms in total.